The van der Waals surface area contributed by atoms with E-state index in [9.17, 15) is 4.79 Å². The fourth-order valence-corrected chi connectivity index (χ4v) is 4.72. The summed E-state index contributed by atoms with van der Waals surface area (Å²) >= 11 is 0. The highest BCUT2D eigenvalue weighted by Crippen LogP contribution is 2.40. The molecule has 1 aliphatic heterocycles. The molecule has 39 heavy (non-hydrogen) atoms. The topological polar surface area (TPSA) is 102 Å². The maximum atomic E-state index is 15.5. The molecule has 4 heterocycles. The molecule has 198 valence electrons. The largest absolute Gasteiger partial charge is 0.446 e. The number of halogens is 2. The molecule has 3 aromatic heterocycles. The van der Waals surface area contributed by atoms with Gasteiger partial charge in [-0.1, -0.05) is 0 Å². The third-order valence-electron chi connectivity index (χ3n) is 6.85. The third-order valence-corrected chi connectivity index (χ3v) is 6.85. The molecular formula is C27H24F2N8O2. The number of pyridine rings is 1. The maximum Gasteiger partial charge on any atom is 0.288 e. The molecule has 0 radical (unpaired) electrons. The van der Waals surface area contributed by atoms with Crippen LogP contribution < -0.4 is 20.3 Å². The lowest BCUT2D eigenvalue weighted by Gasteiger charge is -2.29. The number of fused-ring (bicyclic) bond motifs is 1. The minimum atomic E-state index is -0.855. The van der Waals surface area contributed by atoms with Crippen molar-refractivity contribution < 1.29 is 18.3 Å². The van der Waals surface area contributed by atoms with Gasteiger partial charge < -0.3 is 20.3 Å². The summed E-state index contributed by atoms with van der Waals surface area (Å²) in [6.45, 7) is 12.9. The van der Waals surface area contributed by atoms with E-state index in [-0.39, 0.29) is 40.1 Å². The zero-order valence-electron chi connectivity index (χ0n) is 21.0. The quantitative estimate of drug-likeness (QED) is 0.338. The molecule has 1 aromatic carbocycles. The predicted octanol–water partition coefficient (Wildman–Crippen LogP) is 4.96. The molecule has 2 fully saturated rings. The first-order chi connectivity index (χ1) is 18.9. The Balaban J connectivity index is 1.28. The lowest BCUT2D eigenvalue weighted by Crippen LogP contribution is -2.43. The molecule has 2 aliphatic rings. The Morgan fingerprint density at radius 1 is 1.18 bits per heavy atom. The van der Waals surface area contributed by atoms with E-state index in [0.717, 1.165) is 57.1 Å². The smallest absolute Gasteiger partial charge is 0.288 e. The molecule has 10 nitrogen and oxygen atoms in total. The number of nitrogens with zero attached hydrogens (tertiary/aromatic N) is 6. The highest BCUT2D eigenvalue weighted by molar-refractivity contribution is 5.96. The molecule has 0 unspecified atom stereocenters. The predicted molar refractivity (Wildman–Crippen MR) is 141 cm³/mol. The van der Waals surface area contributed by atoms with Crippen LogP contribution in [0.2, 0.25) is 0 Å². The van der Waals surface area contributed by atoms with Gasteiger partial charge in [0.15, 0.2) is 17.4 Å². The number of carbonyl (C=O) groups is 1. The summed E-state index contributed by atoms with van der Waals surface area (Å²) in [5.74, 6) is -2.23. The van der Waals surface area contributed by atoms with Gasteiger partial charge in [-0.3, -0.25) is 9.36 Å². The van der Waals surface area contributed by atoms with Crippen LogP contribution in [0.3, 0.4) is 0 Å². The van der Waals surface area contributed by atoms with Gasteiger partial charge in [-0.15, -0.1) is 0 Å². The van der Waals surface area contributed by atoms with Crippen LogP contribution in [0.4, 0.5) is 31.8 Å². The lowest BCUT2D eigenvalue weighted by atomic mass is 10.2. The SMILES string of the molecule is [C-]#[N+]c1c(Nc2ccc(N3CCNCC3)cn2)ncnc1Oc1cc(F)c2c(cc(C)n2C(=O)C2CC2)c1F. The summed E-state index contributed by atoms with van der Waals surface area (Å²) in [6, 6.07) is 5.98. The molecular weight excluding hydrogens is 506 g/mol. The van der Waals surface area contributed by atoms with Crippen LogP contribution in [0.25, 0.3) is 15.7 Å². The number of aryl methyl sites for hydroxylation is 1. The van der Waals surface area contributed by atoms with Crippen molar-refractivity contribution in [2.45, 2.75) is 19.8 Å². The second kappa shape index (κ2) is 9.92. The summed E-state index contributed by atoms with van der Waals surface area (Å²) in [5, 5.41) is 6.20. The van der Waals surface area contributed by atoms with Gasteiger partial charge in [-0.25, -0.2) is 28.6 Å². The summed E-state index contributed by atoms with van der Waals surface area (Å²) in [4.78, 5) is 30.9. The Hall–Kier alpha value is -4.63. The monoisotopic (exact) mass is 530 g/mol. The van der Waals surface area contributed by atoms with Crippen LogP contribution in [-0.2, 0) is 0 Å². The van der Waals surface area contributed by atoms with Crippen molar-refractivity contribution in [1.29, 1.82) is 0 Å². The number of anilines is 3. The van der Waals surface area contributed by atoms with E-state index in [1.807, 2.05) is 6.07 Å². The third kappa shape index (κ3) is 4.61. The normalized spacial score (nSPS) is 15.3. The van der Waals surface area contributed by atoms with E-state index >= 15 is 8.78 Å². The fourth-order valence-electron chi connectivity index (χ4n) is 4.72. The van der Waals surface area contributed by atoms with Crippen LogP contribution in [0.15, 0.2) is 36.8 Å². The van der Waals surface area contributed by atoms with Crippen LogP contribution >= 0.6 is 0 Å². The van der Waals surface area contributed by atoms with E-state index in [0.29, 0.717) is 11.5 Å². The Kier molecular flexibility index (Phi) is 6.28. The highest BCUT2D eigenvalue weighted by Gasteiger charge is 2.33. The van der Waals surface area contributed by atoms with E-state index < -0.39 is 17.4 Å². The van der Waals surface area contributed by atoms with Gasteiger partial charge in [0.25, 0.3) is 5.69 Å². The number of piperazine rings is 1. The van der Waals surface area contributed by atoms with E-state index in [4.69, 9.17) is 11.3 Å². The molecule has 4 aromatic rings. The molecule has 6 rings (SSSR count). The van der Waals surface area contributed by atoms with Crippen molar-refractivity contribution in [2.24, 2.45) is 5.92 Å². The summed E-state index contributed by atoms with van der Waals surface area (Å²) in [5.41, 5.74) is 1.17. The van der Waals surface area contributed by atoms with Crippen molar-refractivity contribution >= 4 is 39.8 Å². The number of hydrogen-bond acceptors (Lipinski definition) is 8. The molecule has 0 bridgehead atoms. The number of nitrogens with one attached hydrogen (secondary N) is 2. The highest BCUT2D eigenvalue weighted by atomic mass is 19.1. The van der Waals surface area contributed by atoms with Crippen molar-refractivity contribution in [3.05, 3.63) is 65.5 Å². The van der Waals surface area contributed by atoms with Crippen molar-refractivity contribution in [3.63, 3.8) is 0 Å². The van der Waals surface area contributed by atoms with Crippen molar-refractivity contribution in [2.75, 3.05) is 36.4 Å². The second-order valence-corrected chi connectivity index (χ2v) is 9.52. The van der Waals surface area contributed by atoms with E-state index in [2.05, 4.69) is 35.3 Å². The summed E-state index contributed by atoms with van der Waals surface area (Å²) in [7, 11) is 0. The number of rotatable bonds is 6. The van der Waals surface area contributed by atoms with Crippen LogP contribution in [-0.4, -0.2) is 51.6 Å². The standard InChI is InChI=1S/C27H24F2N8O2/c1-15-11-18-22(29)20(12-19(28)24(18)37(15)27(38)16-3-4-16)39-26-23(30-2)25(33-14-34-26)35-21-6-5-17(13-32-21)36-9-7-31-8-10-36/h5-6,11-14,16,31H,3-4,7-10H2,1H3,(H,32,33,34,35). The number of hydrogen-bond donors (Lipinski definition) is 2. The lowest BCUT2D eigenvalue weighted by molar-refractivity contribution is 0.0889. The zero-order valence-corrected chi connectivity index (χ0v) is 21.0. The number of ether oxygens (including phenoxy) is 1. The van der Waals surface area contributed by atoms with Crippen LogP contribution in [0.1, 0.15) is 23.3 Å². The Bertz CT molecular complexity index is 1620. The number of benzene rings is 1. The molecule has 0 atom stereocenters. The van der Waals surface area contributed by atoms with Crippen LogP contribution in [0.5, 0.6) is 11.6 Å². The van der Waals surface area contributed by atoms with Gasteiger partial charge in [0.1, 0.15) is 18.0 Å². The van der Waals surface area contributed by atoms with E-state index in [1.165, 1.54) is 10.6 Å². The Labute approximate surface area is 222 Å². The van der Waals surface area contributed by atoms with Gasteiger partial charge in [-0.05, 0) is 38.0 Å². The molecule has 1 saturated carbocycles. The number of aromatic nitrogens is 4. The van der Waals surface area contributed by atoms with Gasteiger partial charge in [0.2, 0.25) is 11.8 Å². The van der Waals surface area contributed by atoms with Crippen LogP contribution in [0, 0.1) is 31.0 Å². The molecule has 1 saturated heterocycles. The maximum absolute atomic E-state index is 15.5. The first-order valence-corrected chi connectivity index (χ1v) is 12.6. The summed E-state index contributed by atoms with van der Waals surface area (Å²) in [6.07, 6.45) is 4.37. The molecule has 0 amide bonds. The van der Waals surface area contributed by atoms with Gasteiger partial charge >= 0.3 is 0 Å². The number of carbonyl (C=O) groups excluding carboxylic acids is 1. The average Bonchev–Trinajstić information content (AvgIpc) is 3.74. The summed E-state index contributed by atoms with van der Waals surface area (Å²) < 4.78 is 37.6. The molecule has 12 heteroatoms. The second-order valence-electron chi connectivity index (χ2n) is 9.52. The minimum Gasteiger partial charge on any atom is -0.446 e. The molecule has 2 N–H and O–H groups in total. The van der Waals surface area contributed by atoms with Crippen molar-refractivity contribution in [3.8, 4) is 11.6 Å². The fraction of sp³-hybridized carbons (Fsp3) is 0.296. The Morgan fingerprint density at radius 2 is 1.97 bits per heavy atom. The first kappa shape index (κ1) is 24.7. The molecule has 1 aliphatic carbocycles. The molecule has 0 spiro atoms. The van der Waals surface area contributed by atoms with Gasteiger partial charge in [-0.2, -0.15) is 0 Å². The first-order valence-electron chi connectivity index (χ1n) is 12.6. The minimum absolute atomic E-state index is 0.0814. The average molecular weight is 531 g/mol. The van der Waals surface area contributed by atoms with Gasteiger partial charge in [0, 0.05) is 49.2 Å². The Morgan fingerprint density at radius 3 is 2.67 bits per heavy atom. The zero-order chi connectivity index (χ0) is 27.1. The van der Waals surface area contributed by atoms with E-state index in [1.54, 1.807) is 19.2 Å². The van der Waals surface area contributed by atoms with Gasteiger partial charge in [0.05, 0.1) is 24.0 Å². The van der Waals surface area contributed by atoms with Crippen molar-refractivity contribution in [1.82, 2.24) is 24.8 Å².